The first-order valence-corrected chi connectivity index (χ1v) is 10.9. The fourth-order valence-electron chi connectivity index (χ4n) is 4.05. The number of nitrogens with one attached hydrogen (secondary N) is 2. The molecular weight excluding hydrogens is 424 g/mol. The van der Waals surface area contributed by atoms with Crippen molar-refractivity contribution in [1.82, 2.24) is 10.6 Å². The maximum Gasteiger partial charge on any atom is 0.328 e. The van der Waals surface area contributed by atoms with E-state index >= 15 is 0 Å². The van der Waals surface area contributed by atoms with E-state index in [1.807, 2.05) is 0 Å². The zero-order chi connectivity index (χ0) is 23.8. The third-order valence-electron chi connectivity index (χ3n) is 5.81. The monoisotopic (exact) mass is 452 g/mol. The summed E-state index contributed by atoms with van der Waals surface area (Å²) in [6.07, 6.45) is 0.113. The Balaban J connectivity index is 1.80. The summed E-state index contributed by atoms with van der Waals surface area (Å²) < 4.78 is 4.83. The highest BCUT2D eigenvalue weighted by atomic mass is 16.5. The predicted octanol–water partition coefficient (Wildman–Crippen LogP) is 1.94. The number of aliphatic hydroxyl groups excluding tert-OH is 1. The molecular formula is C25H28N2O6. The molecule has 0 heterocycles. The number of ether oxygens (including phenoxy) is 1. The summed E-state index contributed by atoms with van der Waals surface area (Å²) in [6, 6.07) is 14.9. The summed E-state index contributed by atoms with van der Waals surface area (Å²) in [6.45, 7) is 0. The first-order chi connectivity index (χ1) is 15.9. The van der Waals surface area contributed by atoms with Crippen molar-refractivity contribution in [2.24, 2.45) is 5.92 Å². The van der Waals surface area contributed by atoms with Gasteiger partial charge in [0.1, 0.15) is 11.8 Å². The zero-order valence-corrected chi connectivity index (χ0v) is 18.4. The van der Waals surface area contributed by atoms with Crippen molar-refractivity contribution in [1.29, 1.82) is 0 Å². The number of ketones is 1. The van der Waals surface area contributed by atoms with E-state index in [2.05, 4.69) is 10.6 Å². The Morgan fingerprint density at radius 3 is 2.24 bits per heavy atom. The summed E-state index contributed by atoms with van der Waals surface area (Å²) in [7, 11) is 1.20. The maximum atomic E-state index is 13.0. The van der Waals surface area contributed by atoms with E-state index in [1.165, 1.54) is 7.11 Å². The minimum absolute atomic E-state index is 0.0206. The van der Waals surface area contributed by atoms with Crippen molar-refractivity contribution in [2.45, 2.75) is 43.9 Å². The Kier molecular flexibility index (Phi) is 8.32. The topological polar surface area (TPSA) is 122 Å². The molecule has 1 aliphatic carbocycles. The molecule has 0 aliphatic heterocycles. The molecule has 1 fully saturated rings. The van der Waals surface area contributed by atoms with Crippen LogP contribution in [0.25, 0.3) is 0 Å². The Morgan fingerprint density at radius 2 is 1.64 bits per heavy atom. The van der Waals surface area contributed by atoms with Gasteiger partial charge in [-0.05, 0) is 36.5 Å². The fraction of sp³-hybridized carbons (Fsp3) is 0.360. The van der Waals surface area contributed by atoms with Crippen molar-refractivity contribution in [3.8, 4) is 0 Å². The number of hydrogen-bond acceptors (Lipinski definition) is 6. The Bertz CT molecular complexity index is 979. The second-order valence-electron chi connectivity index (χ2n) is 8.08. The molecule has 8 nitrogen and oxygen atoms in total. The van der Waals surface area contributed by atoms with Gasteiger partial charge in [0.15, 0.2) is 6.10 Å². The highest BCUT2D eigenvalue weighted by Crippen LogP contribution is 2.26. The molecule has 0 spiro atoms. The van der Waals surface area contributed by atoms with Gasteiger partial charge in [0.05, 0.1) is 13.2 Å². The number of aliphatic hydroxyl groups is 1. The summed E-state index contributed by atoms with van der Waals surface area (Å²) in [4.78, 5) is 50.1. The summed E-state index contributed by atoms with van der Waals surface area (Å²) in [5.74, 6) is -2.37. The van der Waals surface area contributed by atoms with Crippen molar-refractivity contribution in [2.75, 3.05) is 7.11 Å². The second-order valence-corrected chi connectivity index (χ2v) is 8.08. The first kappa shape index (κ1) is 24.1. The lowest BCUT2D eigenvalue weighted by molar-refractivity contribution is -0.149. The van der Waals surface area contributed by atoms with Crippen LogP contribution in [-0.2, 0) is 19.1 Å². The fourth-order valence-corrected chi connectivity index (χ4v) is 4.05. The molecule has 0 saturated heterocycles. The molecule has 0 unspecified atom stereocenters. The van der Waals surface area contributed by atoms with E-state index < -0.39 is 41.9 Å². The smallest absolute Gasteiger partial charge is 0.328 e. The van der Waals surface area contributed by atoms with E-state index in [4.69, 9.17) is 4.74 Å². The van der Waals surface area contributed by atoms with Crippen LogP contribution in [-0.4, -0.2) is 47.9 Å². The number of carbonyl (C=O) groups excluding carboxylic acids is 4. The van der Waals surface area contributed by atoms with Gasteiger partial charge in [-0.15, -0.1) is 0 Å². The van der Waals surface area contributed by atoms with Crippen molar-refractivity contribution < 1.29 is 29.0 Å². The first-order valence-electron chi connectivity index (χ1n) is 10.9. The lowest BCUT2D eigenvalue weighted by atomic mass is 9.83. The van der Waals surface area contributed by atoms with Crippen LogP contribution in [0.1, 0.15) is 47.6 Å². The largest absolute Gasteiger partial charge is 0.467 e. The molecule has 3 rings (SSSR count). The summed E-state index contributed by atoms with van der Waals surface area (Å²) >= 11 is 0. The lowest BCUT2D eigenvalue weighted by Gasteiger charge is -2.30. The van der Waals surface area contributed by atoms with E-state index in [0.29, 0.717) is 30.4 Å². The van der Waals surface area contributed by atoms with Crippen molar-refractivity contribution in [3.63, 3.8) is 0 Å². The van der Waals surface area contributed by atoms with Crippen LogP contribution in [0.3, 0.4) is 0 Å². The standard InChI is InChI=1S/C25H28N2O6/c1-33-25(32)21(18-13-8-14-19(28)15-18)27-24(31)22(29)20(16-9-4-2-5-10-16)26-23(30)17-11-6-3-7-12-17/h2-7,9-12,18,20-22,29H,8,13-15H2,1H3,(H,26,30)(H,27,31)/t18-,20-,21-,22+/m0/s1. The second kappa shape index (κ2) is 11.4. The third-order valence-corrected chi connectivity index (χ3v) is 5.81. The number of rotatable bonds is 8. The normalized spacial score (nSPS) is 18.5. The predicted molar refractivity (Wildman–Crippen MR) is 120 cm³/mol. The van der Waals surface area contributed by atoms with Gasteiger partial charge in [-0.1, -0.05) is 48.5 Å². The quantitative estimate of drug-likeness (QED) is 0.526. The molecule has 0 bridgehead atoms. The van der Waals surface area contributed by atoms with Crippen LogP contribution in [0.15, 0.2) is 60.7 Å². The molecule has 2 amide bonds. The van der Waals surface area contributed by atoms with Gasteiger partial charge in [-0.25, -0.2) is 4.79 Å². The van der Waals surface area contributed by atoms with Gasteiger partial charge in [-0.3, -0.25) is 14.4 Å². The lowest BCUT2D eigenvalue weighted by Crippen LogP contribution is -2.53. The number of amides is 2. The van der Waals surface area contributed by atoms with E-state index in [-0.39, 0.29) is 12.2 Å². The Hall–Kier alpha value is -3.52. The molecule has 0 aromatic heterocycles. The van der Waals surface area contributed by atoms with Gasteiger partial charge in [0.25, 0.3) is 11.8 Å². The average Bonchev–Trinajstić information content (AvgIpc) is 2.85. The highest BCUT2D eigenvalue weighted by Gasteiger charge is 2.37. The third kappa shape index (κ3) is 6.26. The number of hydrogen-bond donors (Lipinski definition) is 3. The van der Waals surface area contributed by atoms with Gasteiger partial charge >= 0.3 is 5.97 Å². The van der Waals surface area contributed by atoms with Gasteiger partial charge in [0, 0.05) is 18.4 Å². The van der Waals surface area contributed by atoms with E-state index in [0.717, 1.165) is 0 Å². The molecule has 2 aromatic carbocycles. The average molecular weight is 453 g/mol. The van der Waals surface area contributed by atoms with Gasteiger partial charge in [0.2, 0.25) is 0 Å². The Morgan fingerprint density at radius 1 is 1.00 bits per heavy atom. The van der Waals surface area contributed by atoms with Crippen LogP contribution >= 0.6 is 0 Å². The molecule has 4 atom stereocenters. The minimum atomic E-state index is -1.69. The van der Waals surface area contributed by atoms with Crippen molar-refractivity contribution >= 4 is 23.6 Å². The highest BCUT2D eigenvalue weighted by molar-refractivity contribution is 5.95. The molecule has 1 saturated carbocycles. The molecule has 2 aromatic rings. The number of carbonyl (C=O) groups is 4. The van der Waals surface area contributed by atoms with Crippen LogP contribution in [0.4, 0.5) is 0 Å². The number of benzene rings is 2. The minimum Gasteiger partial charge on any atom is -0.467 e. The van der Waals surface area contributed by atoms with Gasteiger partial charge < -0.3 is 20.5 Å². The Labute approximate surface area is 192 Å². The van der Waals surface area contributed by atoms with Crippen molar-refractivity contribution in [3.05, 3.63) is 71.8 Å². The van der Waals surface area contributed by atoms with Gasteiger partial charge in [-0.2, -0.15) is 0 Å². The number of esters is 1. The molecule has 8 heteroatoms. The number of Topliss-reactive ketones (excluding diaryl/α,β-unsaturated/α-hetero) is 1. The molecule has 33 heavy (non-hydrogen) atoms. The van der Waals surface area contributed by atoms with Crippen LogP contribution < -0.4 is 10.6 Å². The van der Waals surface area contributed by atoms with Crippen LogP contribution in [0.2, 0.25) is 0 Å². The summed E-state index contributed by atoms with van der Waals surface area (Å²) in [5, 5.41) is 16.2. The zero-order valence-electron chi connectivity index (χ0n) is 18.4. The van der Waals surface area contributed by atoms with E-state index in [9.17, 15) is 24.3 Å². The summed E-state index contributed by atoms with van der Waals surface area (Å²) in [5.41, 5.74) is 0.895. The molecule has 1 aliphatic rings. The van der Waals surface area contributed by atoms with Crippen LogP contribution in [0.5, 0.6) is 0 Å². The van der Waals surface area contributed by atoms with Crippen LogP contribution in [0, 0.1) is 5.92 Å². The molecule has 174 valence electrons. The maximum absolute atomic E-state index is 13.0. The molecule has 3 N–H and O–H groups in total. The molecule has 0 radical (unpaired) electrons. The number of methoxy groups -OCH3 is 1. The van der Waals surface area contributed by atoms with E-state index in [1.54, 1.807) is 60.7 Å². The SMILES string of the molecule is COC(=O)[C@@H](NC(=O)[C@H](O)[C@@H](NC(=O)c1ccccc1)c1ccccc1)[C@H]1CCCC(=O)C1.